The highest BCUT2D eigenvalue weighted by molar-refractivity contribution is 5.62. The van der Waals surface area contributed by atoms with Crippen molar-refractivity contribution in [3.63, 3.8) is 0 Å². The molecule has 1 aromatic carbocycles. The quantitative estimate of drug-likeness (QED) is 0.119. The lowest BCUT2D eigenvalue weighted by molar-refractivity contribution is -0.0825. The van der Waals surface area contributed by atoms with Crippen LogP contribution in [0.2, 0.25) is 0 Å². The second-order valence-electron chi connectivity index (χ2n) is 10.9. The van der Waals surface area contributed by atoms with Crippen LogP contribution in [-0.2, 0) is 21.8 Å². The molecule has 0 amide bonds. The number of ether oxygens (including phenoxy) is 3. The predicted octanol–water partition coefficient (Wildman–Crippen LogP) is 9.28. The average Bonchev–Trinajstić information content (AvgIpc) is 2.94. The zero-order chi connectivity index (χ0) is 28.6. The smallest absolute Gasteiger partial charge is 0.280 e. The van der Waals surface area contributed by atoms with Crippen LogP contribution < -0.4 is 4.74 Å². The topological polar surface area (TPSA) is 40.6 Å². The van der Waals surface area contributed by atoms with Gasteiger partial charge in [0.05, 0.1) is 17.9 Å². The molecule has 0 spiro atoms. The van der Waals surface area contributed by atoms with E-state index in [-0.39, 0.29) is 0 Å². The van der Waals surface area contributed by atoms with Gasteiger partial charge >= 0.3 is 0 Å². The normalized spacial score (nSPS) is 16.2. The first-order valence-electron chi connectivity index (χ1n) is 15.4. The number of pyridine rings is 1. The predicted molar refractivity (Wildman–Crippen MR) is 155 cm³/mol. The Bertz CT molecular complexity index is 984. The molecule has 0 aliphatic heterocycles. The van der Waals surface area contributed by atoms with Crippen molar-refractivity contribution in [1.29, 1.82) is 0 Å². The summed E-state index contributed by atoms with van der Waals surface area (Å²) in [5, 5.41) is 0. The van der Waals surface area contributed by atoms with Gasteiger partial charge in [-0.15, -0.1) is 0 Å². The lowest BCUT2D eigenvalue weighted by Crippen LogP contribution is -2.33. The molecule has 224 valence electrons. The van der Waals surface area contributed by atoms with Crippen molar-refractivity contribution in [2.45, 2.75) is 103 Å². The van der Waals surface area contributed by atoms with Gasteiger partial charge in [0, 0.05) is 37.9 Å². The number of fused-ring (bicyclic) bond motifs is 1. The van der Waals surface area contributed by atoms with Crippen LogP contribution in [0.5, 0.6) is 5.75 Å². The number of nitrogens with zero attached hydrogens (tertiary/aromatic N) is 1. The molecule has 0 saturated heterocycles. The highest BCUT2D eigenvalue weighted by Gasteiger charge is 2.47. The number of rotatable bonds is 20. The van der Waals surface area contributed by atoms with Crippen molar-refractivity contribution in [1.82, 2.24) is 4.98 Å². The SMILES string of the molecule is CCCCCOCCCCCC1CCc2cc(-c3ccc(OCCCCOCCCC)cc3)nc(F)c2C1(F)F. The molecular weight excluding hydrogens is 515 g/mol. The van der Waals surface area contributed by atoms with Crippen LogP contribution in [0.3, 0.4) is 0 Å². The molecule has 0 radical (unpaired) electrons. The van der Waals surface area contributed by atoms with Crippen molar-refractivity contribution in [3.8, 4) is 17.0 Å². The largest absolute Gasteiger partial charge is 0.494 e. The summed E-state index contributed by atoms with van der Waals surface area (Å²) < 4.78 is 62.8. The fourth-order valence-corrected chi connectivity index (χ4v) is 5.20. The van der Waals surface area contributed by atoms with Crippen molar-refractivity contribution < 1.29 is 27.4 Å². The van der Waals surface area contributed by atoms with Crippen LogP contribution >= 0.6 is 0 Å². The lowest BCUT2D eigenvalue weighted by Gasteiger charge is -2.33. The first-order valence-corrected chi connectivity index (χ1v) is 15.4. The molecule has 1 atom stereocenters. The van der Waals surface area contributed by atoms with Crippen molar-refractivity contribution in [2.75, 3.05) is 33.0 Å². The molecule has 2 aromatic rings. The van der Waals surface area contributed by atoms with Gasteiger partial charge < -0.3 is 14.2 Å². The monoisotopic (exact) mass is 563 g/mol. The molecule has 4 nitrogen and oxygen atoms in total. The van der Waals surface area contributed by atoms with E-state index in [4.69, 9.17) is 14.2 Å². The Labute approximate surface area is 239 Å². The number of benzene rings is 1. The summed E-state index contributed by atoms with van der Waals surface area (Å²) in [6, 6.07) is 8.86. The van der Waals surface area contributed by atoms with E-state index in [1.165, 1.54) is 12.8 Å². The minimum absolute atomic E-state index is 0.354. The fraction of sp³-hybridized carbons (Fsp3) is 0.667. The maximum atomic E-state index is 15.4. The third kappa shape index (κ3) is 10.1. The van der Waals surface area contributed by atoms with Gasteiger partial charge in [-0.3, -0.25) is 0 Å². The van der Waals surface area contributed by atoms with E-state index in [1.54, 1.807) is 18.2 Å². The van der Waals surface area contributed by atoms with E-state index < -0.39 is 23.4 Å². The number of aryl methyl sites for hydroxylation is 1. The summed E-state index contributed by atoms with van der Waals surface area (Å²) in [5.41, 5.74) is 0.914. The van der Waals surface area contributed by atoms with E-state index in [1.807, 2.05) is 12.1 Å². The number of alkyl halides is 2. The first-order chi connectivity index (χ1) is 19.5. The summed E-state index contributed by atoms with van der Waals surface area (Å²) in [6.45, 7) is 7.89. The first kappa shape index (κ1) is 32.4. The third-order valence-electron chi connectivity index (χ3n) is 7.64. The zero-order valence-electron chi connectivity index (χ0n) is 24.5. The standard InChI is InChI=1S/C33H48F3NO3/c1-3-5-9-21-39-22-10-7-8-13-28-17-14-27-25-30(37-32(34)31(27)33(28,35)36)26-15-18-29(19-16-26)40-24-12-11-23-38-20-6-4-2/h15-16,18-19,25,28H,3-14,17,20-24H2,1-2H3. The molecule has 1 heterocycles. The second kappa shape index (κ2) is 17.6. The summed E-state index contributed by atoms with van der Waals surface area (Å²) in [7, 11) is 0. The fourth-order valence-electron chi connectivity index (χ4n) is 5.20. The molecule has 0 fully saturated rings. The van der Waals surface area contributed by atoms with Gasteiger partial charge in [-0.1, -0.05) is 46.0 Å². The Hall–Kier alpha value is -2.12. The van der Waals surface area contributed by atoms with Gasteiger partial charge in [0.25, 0.3) is 5.92 Å². The Kier molecular flexibility index (Phi) is 14.3. The second-order valence-corrected chi connectivity index (χ2v) is 10.9. The van der Waals surface area contributed by atoms with Crippen LogP contribution in [0.15, 0.2) is 30.3 Å². The Morgan fingerprint density at radius 2 is 1.43 bits per heavy atom. The van der Waals surface area contributed by atoms with Crippen LogP contribution in [0, 0.1) is 11.9 Å². The molecule has 1 aliphatic carbocycles. The maximum absolute atomic E-state index is 15.4. The van der Waals surface area contributed by atoms with Crippen molar-refractivity contribution >= 4 is 0 Å². The van der Waals surface area contributed by atoms with Crippen molar-refractivity contribution in [3.05, 3.63) is 47.4 Å². The zero-order valence-corrected chi connectivity index (χ0v) is 24.5. The van der Waals surface area contributed by atoms with Gasteiger partial charge in [-0.2, -0.15) is 4.39 Å². The molecule has 7 heteroatoms. The van der Waals surface area contributed by atoms with Gasteiger partial charge in [-0.25, -0.2) is 13.8 Å². The van der Waals surface area contributed by atoms with Gasteiger partial charge in [0.2, 0.25) is 5.95 Å². The minimum Gasteiger partial charge on any atom is -0.494 e. The molecule has 0 saturated carbocycles. The minimum atomic E-state index is -3.21. The molecule has 0 bridgehead atoms. The molecule has 1 aliphatic rings. The summed E-state index contributed by atoms with van der Waals surface area (Å²) in [4.78, 5) is 3.97. The summed E-state index contributed by atoms with van der Waals surface area (Å²) in [5.74, 6) is -4.40. The molecule has 3 rings (SSSR count). The molecule has 40 heavy (non-hydrogen) atoms. The van der Waals surface area contributed by atoms with E-state index in [2.05, 4.69) is 18.8 Å². The number of halogens is 3. The van der Waals surface area contributed by atoms with Gasteiger partial charge in [0.15, 0.2) is 0 Å². The maximum Gasteiger partial charge on any atom is 0.280 e. The Morgan fingerprint density at radius 1 is 0.800 bits per heavy atom. The number of hydrogen-bond acceptors (Lipinski definition) is 4. The molecule has 1 aromatic heterocycles. The highest BCUT2D eigenvalue weighted by atomic mass is 19.3. The molecular formula is C33H48F3NO3. The Morgan fingerprint density at radius 3 is 2.12 bits per heavy atom. The average molecular weight is 564 g/mol. The van der Waals surface area contributed by atoms with Crippen LogP contribution in [0.1, 0.15) is 102 Å². The summed E-state index contributed by atoms with van der Waals surface area (Å²) >= 11 is 0. The van der Waals surface area contributed by atoms with Crippen LogP contribution in [-0.4, -0.2) is 38.0 Å². The van der Waals surface area contributed by atoms with E-state index in [0.29, 0.717) is 61.5 Å². The molecule has 0 N–H and O–H groups in total. The van der Waals surface area contributed by atoms with Crippen molar-refractivity contribution in [2.24, 2.45) is 5.92 Å². The summed E-state index contributed by atoms with van der Waals surface area (Å²) in [6.07, 6.45) is 11.1. The van der Waals surface area contributed by atoms with Gasteiger partial charge in [-0.05, 0) is 87.3 Å². The third-order valence-corrected chi connectivity index (χ3v) is 7.64. The lowest BCUT2D eigenvalue weighted by atomic mass is 9.78. The van der Waals surface area contributed by atoms with Crippen LogP contribution in [0.25, 0.3) is 11.3 Å². The van der Waals surface area contributed by atoms with Crippen LogP contribution in [0.4, 0.5) is 13.2 Å². The Balaban J connectivity index is 1.47. The van der Waals surface area contributed by atoms with Gasteiger partial charge in [0.1, 0.15) is 5.75 Å². The van der Waals surface area contributed by atoms with E-state index >= 15 is 13.2 Å². The van der Waals surface area contributed by atoms with E-state index in [0.717, 1.165) is 64.8 Å². The number of aromatic nitrogens is 1. The highest BCUT2D eigenvalue weighted by Crippen LogP contribution is 2.47. The van der Waals surface area contributed by atoms with E-state index in [9.17, 15) is 0 Å². The number of hydrogen-bond donors (Lipinski definition) is 0. The molecule has 1 unspecified atom stereocenters. The number of unbranched alkanes of at least 4 members (excludes halogenated alkanes) is 6.